The highest BCUT2D eigenvalue weighted by molar-refractivity contribution is 5.75. The van der Waals surface area contributed by atoms with E-state index >= 15 is 0 Å². The van der Waals surface area contributed by atoms with Gasteiger partial charge < -0.3 is 16.2 Å². The maximum absolute atomic E-state index is 11.3. The fourth-order valence-electron chi connectivity index (χ4n) is 1.13. The number of carbonyl (C=O) groups is 1. The van der Waals surface area contributed by atoms with Crippen molar-refractivity contribution in [3.63, 3.8) is 0 Å². The summed E-state index contributed by atoms with van der Waals surface area (Å²) in [7, 11) is 0. The standard InChI is InChI=1S/C10H22N2O2/c1-8(2)7-9(12)10(13)14-6-4-3-5-11/h8-9H,3-7,11-12H2,1-2H3/t9-/m0/s1. The quantitative estimate of drug-likeness (QED) is 0.469. The molecule has 0 aliphatic carbocycles. The topological polar surface area (TPSA) is 78.3 Å². The highest BCUT2D eigenvalue weighted by Gasteiger charge is 2.15. The van der Waals surface area contributed by atoms with Gasteiger partial charge in [0.15, 0.2) is 0 Å². The van der Waals surface area contributed by atoms with E-state index in [0.717, 1.165) is 12.8 Å². The molecule has 4 heteroatoms. The molecular formula is C10H22N2O2. The Bertz CT molecular complexity index is 160. The summed E-state index contributed by atoms with van der Waals surface area (Å²) in [4.78, 5) is 11.3. The van der Waals surface area contributed by atoms with Crippen LogP contribution in [0, 0.1) is 5.92 Å². The first-order valence-corrected chi connectivity index (χ1v) is 5.20. The fourth-order valence-corrected chi connectivity index (χ4v) is 1.13. The third kappa shape index (κ3) is 6.86. The molecule has 84 valence electrons. The van der Waals surface area contributed by atoms with Crippen LogP contribution < -0.4 is 11.5 Å². The lowest BCUT2D eigenvalue weighted by Gasteiger charge is -2.13. The van der Waals surface area contributed by atoms with Crippen molar-refractivity contribution in [1.29, 1.82) is 0 Å². The summed E-state index contributed by atoms with van der Waals surface area (Å²) >= 11 is 0. The lowest BCUT2D eigenvalue weighted by atomic mass is 10.1. The molecule has 14 heavy (non-hydrogen) atoms. The van der Waals surface area contributed by atoms with Crippen molar-refractivity contribution in [1.82, 2.24) is 0 Å². The molecule has 0 aromatic carbocycles. The van der Waals surface area contributed by atoms with Crippen LogP contribution in [0.5, 0.6) is 0 Å². The molecule has 0 aliphatic rings. The molecule has 0 aliphatic heterocycles. The summed E-state index contributed by atoms with van der Waals surface area (Å²) in [6.45, 7) is 5.13. The minimum atomic E-state index is -0.479. The molecule has 0 saturated carbocycles. The Kier molecular flexibility index (Phi) is 7.42. The van der Waals surface area contributed by atoms with E-state index in [1.807, 2.05) is 13.8 Å². The summed E-state index contributed by atoms with van der Waals surface area (Å²) in [5, 5.41) is 0. The number of esters is 1. The SMILES string of the molecule is CC(C)C[C@H](N)C(=O)OCCCCN. The fraction of sp³-hybridized carbons (Fsp3) is 0.900. The smallest absolute Gasteiger partial charge is 0.322 e. The van der Waals surface area contributed by atoms with Crippen molar-refractivity contribution in [3.8, 4) is 0 Å². The number of ether oxygens (including phenoxy) is 1. The minimum absolute atomic E-state index is 0.296. The van der Waals surface area contributed by atoms with Gasteiger partial charge >= 0.3 is 5.97 Å². The van der Waals surface area contributed by atoms with Gasteiger partial charge in [0.2, 0.25) is 0 Å². The molecule has 0 unspecified atom stereocenters. The second kappa shape index (κ2) is 7.76. The molecule has 4 nitrogen and oxygen atoms in total. The zero-order chi connectivity index (χ0) is 11.0. The van der Waals surface area contributed by atoms with E-state index in [-0.39, 0.29) is 5.97 Å². The van der Waals surface area contributed by atoms with E-state index < -0.39 is 6.04 Å². The molecule has 0 radical (unpaired) electrons. The van der Waals surface area contributed by atoms with Crippen LogP contribution in [0.25, 0.3) is 0 Å². The molecule has 0 saturated heterocycles. The van der Waals surface area contributed by atoms with Gasteiger partial charge in [0.1, 0.15) is 6.04 Å². The van der Waals surface area contributed by atoms with E-state index in [0.29, 0.717) is 25.5 Å². The number of rotatable bonds is 7. The Balaban J connectivity index is 3.52. The zero-order valence-electron chi connectivity index (χ0n) is 9.16. The number of hydrogen-bond acceptors (Lipinski definition) is 4. The van der Waals surface area contributed by atoms with Gasteiger partial charge in [0, 0.05) is 0 Å². The first-order valence-electron chi connectivity index (χ1n) is 5.20. The van der Waals surface area contributed by atoms with Gasteiger partial charge in [-0.1, -0.05) is 13.8 Å². The first-order chi connectivity index (χ1) is 6.57. The summed E-state index contributed by atoms with van der Waals surface area (Å²) in [6.07, 6.45) is 2.37. The molecule has 1 atom stereocenters. The van der Waals surface area contributed by atoms with Gasteiger partial charge in [-0.15, -0.1) is 0 Å². The third-order valence-electron chi connectivity index (χ3n) is 1.87. The molecule has 0 heterocycles. The Morgan fingerprint density at radius 3 is 2.50 bits per heavy atom. The second-order valence-corrected chi connectivity index (χ2v) is 3.90. The van der Waals surface area contributed by atoms with Crippen LogP contribution >= 0.6 is 0 Å². The van der Waals surface area contributed by atoms with Gasteiger partial charge in [-0.3, -0.25) is 4.79 Å². The predicted octanol–water partition coefficient (Wildman–Crippen LogP) is 0.642. The van der Waals surface area contributed by atoms with Gasteiger partial charge in [-0.25, -0.2) is 0 Å². The maximum atomic E-state index is 11.3. The van der Waals surface area contributed by atoms with Crippen LogP contribution in [-0.2, 0) is 9.53 Å². The zero-order valence-corrected chi connectivity index (χ0v) is 9.16. The van der Waals surface area contributed by atoms with Gasteiger partial charge in [0.25, 0.3) is 0 Å². The van der Waals surface area contributed by atoms with E-state index in [9.17, 15) is 4.79 Å². The lowest BCUT2D eigenvalue weighted by Crippen LogP contribution is -2.33. The molecular weight excluding hydrogens is 180 g/mol. The van der Waals surface area contributed by atoms with Crippen LogP contribution in [0.4, 0.5) is 0 Å². The number of hydrogen-bond donors (Lipinski definition) is 2. The van der Waals surface area contributed by atoms with Crippen LogP contribution in [0.2, 0.25) is 0 Å². The maximum Gasteiger partial charge on any atom is 0.322 e. The van der Waals surface area contributed by atoms with E-state index in [2.05, 4.69) is 0 Å². The molecule has 0 aromatic heterocycles. The summed E-state index contributed by atoms with van der Waals surface area (Å²) in [6, 6.07) is -0.479. The minimum Gasteiger partial charge on any atom is -0.465 e. The Morgan fingerprint density at radius 1 is 1.36 bits per heavy atom. The van der Waals surface area contributed by atoms with Gasteiger partial charge in [0.05, 0.1) is 6.61 Å². The van der Waals surface area contributed by atoms with Crippen molar-refractivity contribution < 1.29 is 9.53 Å². The average Bonchev–Trinajstić information content (AvgIpc) is 2.11. The normalized spacial score (nSPS) is 12.9. The third-order valence-corrected chi connectivity index (χ3v) is 1.87. The Hall–Kier alpha value is -0.610. The van der Waals surface area contributed by atoms with Gasteiger partial charge in [-0.05, 0) is 31.7 Å². The molecule has 0 spiro atoms. The second-order valence-electron chi connectivity index (χ2n) is 3.90. The predicted molar refractivity (Wildman–Crippen MR) is 56.7 cm³/mol. The highest BCUT2D eigenvalue weighted by atomic mass is 16.5. The molecule has 4 N–H and O–H groups in total. The van der Waals surface area contributed by atoms with Crippen LogP contribution in [-0.4, -0.2) is 25.2 Å². The van der Waals surface area contributed by atoms with E-state index in [1.165, 1.54) is 0 Å². The van der Waals surface area contributed by atoms with Crippen molar-refractivity contribution in [2.75, 3.05) is 13.2 Å². The van der Waals surface area contributed by atoms with E-state index in [1.54, 1.807) is 0 Å². The summed E-state index contributed by atoms with van der Waals surface area (Å²) in [5.74, 6) is 0.123. The number of unbranched alkanes of at least 4 members (excludes halogenated alkanes) is 1. The molecule has 0 bridgehead atoms. The monoisotopic (exact) mass is 202 g/mol. The van der Waals surface area contributed by atoms with Crippen molar-refractivity contribution >= 4 is 5.97 Å². The van der Waals surface area contributed by atoms with Gasteiger partial charge in [-0.2, -0.15) is 0 Å². The van der Waals surface area contributed by atoms with Crippen LogP contribution in [0.15, 0.2) is 0 Å². The number of nitrogens with two attached hydrogens (primary N) is 2. The molecule has 0 aromatic rings. The average molecular weight is 202 g/mol. The molecule has 0 amide bonds. The summed E-state index contributed by atoms with van der Waals surface area (Å²) < 4.78 is 4.99. The van der Waals surface area contributed by atoms with E-state index in [4.69, 9.17) is 16.2 Å². The van der Waals surface area contributed by atoms with Crippen molar-refractivity contribution in [2.45, 2.75) is 39.2 Å². The first kappa shape index (κ1) is 13.4. The number of carbonyl (C=O) groups excluding carboxylic acids is 1. The van der Waals surface area contributed by atoms with Crippen LogP contribution in [0.1, 0.15) is 33.1 Å². The van der Waals surface area contributed by atoms with Crippen LogP contribution in [0.3, 0.4) is 0 Å². The largest absolute Gasteiger partial charge is 0.465 e. The summed E-state index contributed by atoms with van der Waals surface area (Å²) in [5.41, 5.74) is 10.9. The van der Waals surface area contributed by atoms with Crippen molar-refractivity contribution in [3.05, 3.63) is 0 Å². The molecule has 0 rings (SSSR count). The Morgan fingerprint density at radius 2 is 2.00 bits per heavy atom. The lowest BCUT2D eigenvalue weighted by molar-refractivity contribution is -0.145. The Labute approximate surface area is 86.0 Å². The highest BCUT2D eigenvalue weighted by Crippen LogP contribution is 2.04. The molecule has 0 fully saturated rings. The van der Waals surface area contributed by atoms with Crippen molar-refractivity contribution in [2.24, 2.45) is 17.4 Å².